The minimum Gasteiger partial charge on any atom is -0.351 e. The summed E-state index contributed by atoms with van der Waals surface area (Å²) in [6.45, 7) is 0.393. The average Bonchev–Trinajstić information content (AvgIpc) is 2.63. The molecule has 1 N–H and O–H groups in total. The smallest absolute Gasteiger partial charge is 0.261 e. The van der Waals surface area contributed by atoms with Crippen LogP contribution in [-0.4, -0.2) is 32.9 Å². The van der Waals surface area contributed by atoms with Crippen LogP contribution in [0.2, 0.25) is 0 Å². The zero-order chi connectivity index (χ0) is 11.3. The van der Waals surface area contributed by atoms with Crippen LogP contribution in [0, 0.1) is 0 Å². The fourth-order valence-corrected chi connectivity index (χ4v) is 2.34. The van der Waals surface area contributed by atoms with Gasteiger partial charge in [0.15, 0.2) is 0 Å². The third-order valence-electron chi connectivity index (χ3n) is 1.72. The molecule has 0 radical (unpaired) electrons. The van der Waals surface area contributed by atoms with Gasteiger partial charge in [-0.15, -0.1) is 11.3 Å². The third kappa shape index (κ3) is 4.94. The zero-order valence-corrected chi connectivity index (χ0v) is 10.0. The highest BCUT2D eigenvalue weighted by Gasteiger charge is 2.06. The van der Waals surface area contributed by atoms with Crippen LogP contribution < -0.4 is 5.32 Å². The maximum absolute atomic E-state index is 11.4. The van der Waals surface area contributed by atoms with Gasteiger partial charge < -0.3 is 5.32 Å². The van der Waals surface area contributed by atoms with Crippen LogP contribution in [0.1, 0.15) is 16.1 Å². The highest BCUT2D eigenvalue weighted by Crippen LogP contribution is 2.07. The Morgan fingerprint density at radius 3 is 2.80 bits per heavy atom. The van der Waals surface area contributed by atoms with Gasteiger partial charge in [0.2, 0.25) is 0 Å². The summed E-state index contributed by atoms with van der Waals surface area (Å²) in [5.74, 6) is -0.0314. The Labute approximate surface area is 93.2 Å². The van der Waals surface area contributed by atoms with Gasteiger partial charge in [0.25, 0.3) is 5.91 Å². The number of hydrogen-bond acceptors (Lipinski definition) is 4. The molecule has 6 heteroatoms. The van der Waals surface area contributed by atoms with E-state index >= 15 is 0 Å². The third-order valence-corrected chi connectivity index (χ3v) is 3.62. The van der Waals surface area contributed by atoms with Gasteiger partial charge in [0, 0.05) is 12.8 Å². The number of carbonyl (C=O) groups is 1. The quantitative estimate of drug-likeness (QED) is 0.787. The molecule has 0 bridgehead atoms. The van der Waals surface area contributed by atoms with Crippen molar-refractivity contribution in [1.29, 1.82) is 0 Å². The molecule has 4 nitrogen and oxygen atoms in total. The zero-order valence-electron chi connectivity index (χ0n) is 8.39. The van der Waals surface area contributed by atoms with Crippen molar-refractivity contribution in [2.24, 2.45) is 0 Å². The van der Waals surface area contributed by atoms with Crippen LogP contribution in [0.25, 0.3) is 0 Å². The summed E-state index contributed by atoms with van der Waals surface area (Å²) >= 11 is 1.36. The molecule has 1 amide bonds. The molecule has 1 rings (SSSR count). The van der Waals surface area contributed by atoms with Gasteiger partial charge in [0.1, 0.15) is 9.84 Å². The molecule has 0 aliphatic heterocycles. The highest BCUT2D eigenvalue weighted by molar-refractivity contribution is 7.90. The van der Waals surface area contributed by atoms with Crippen LogP contribution in [0.3, 0.4) is 0 Å². The maximum atomic E-state index is 11.4. The SMILES string of the molecule is CS(=O)(=O)CCCNC(=O)c1cccs1. The monoisotopic (exact) mass is 247 g/mol. The first-order valence-corrected chi connectivity index (χ1v) is 7.42. The number of thiophene rings is 1. The van der Waals surface area contributed by atoms with Gasteiger partial charge >= 0.3 is 0 Å². The minimum absolute atomic E-state index is 0.109. The molecule has 0 fully saturated rings. The number of nitrogens with one attached hydrogen (secondary N) is 1. The summed E-state index contributed by atoms with van der Waals surface area (Å²) in [6.07, 6.45) is 1.64. The maximum Gasteiger partial charge on any atom is 0.261 e. The molecular weight excluding hydrogens is 234 g/mol. The van der Waals surface area contributed by atoms with Gasteiger partial charge in [-0.2, -0.15) is 0 Å². The Morgan fingerprint density at radius 1 is 1.53 bits per heavy atom. The van der Waals surface area contributed by atoms with E-state index in [1.807, 2.05) is 5.38 Å². The van der Waals surface area contributed by atoms with Gasteiger partial charge in [-0.05, 0) is 17.9 Å². The lowest BCUT2D eigenvalue weighted by molar-refractivity contribution is 0.0957. The first-order chi connectivity index (χ1) is 6.99. The molecule has 0 aliphatic rings. The topological polar surface area (TPSA) is 63.2 Å². The van der Waals surface area contributed by atoms with Crippen molar-refractivity contribution in [3.05, 3.63) is 22.4 Å². The Bertz CT molecular complexity index is 409. The van der Waals surface area contributed by atoms with Crippen molar-refractivity contribution in [2.45, 2.75) is 6.42 Å². The van der Waals surface area contributed by atoms with Crippen LogP contribution in [0.15, 0.2) is 17.5 Å². The fourth-order valence-electron chi connectivity index (χ4n) is 1.03. The standard InChI is InChI=1S/C9H13NO3S2/c1-15(12,13)7-3-5-10-9(11)8-4-2-6-14-8/h2,4,6H,3,5,7H2,1H3,(H,10,11). The molecule has 0 atom stereocenters. The van der Waals surface area contributed by atoms with Crippen LogP contribution >= 0.6 is 11.3 Å². The van der Waals surface area contributed by atoms with E-state index in [-0.39, 0.29) is 11.7 Å². The summed E-state index contributed by atoms with van der Waals surface area (Å²) in [5, 5.41) is 4.49. The molecule has 0 spiro atoms. The fraction of sp³-hybridized carbons (Fsp3) is 0.444. The summed E-state index contributed by atoms with van der Waals surface area (Å²) in [7, 11) is -2.92. The second kappa shape index (κ2) is 5.27. The summed E-state index contributed by atoms with van der Waals surface area (Å²) in [5.41, 5.74) is 0. The second-order valence-corrected chi connectivity index (χ2v) is 6.42. The van der Waals surface area contributed by atoms with E-state index in [2.05, 4.69) is 5.32 Å². The molecule has 84 valence electrons. The molecule has 0 saturated heterocycles. The van der Waals surface area contributed by atoms with Crippen LogP contribution in [-0.2, 0) is 9.84 Å². The summed E-state index contributed by atoms with van der Waals surface area (Å²) in [4.78, 5) is 12.0. The van der Waals surface area contributed by atoms with E-state index in [0.717, 1.165) is 0 Å². The van der Waals surface area contributed by atoms with Gasteiger partial charge in [-0.3, -0.25) is 4.79 Å². The number of sulfone groups is 1. The largest absolute Gasteiger partial charge is 0.351 e. The molecule has 0 aliphatic carbocycles. The lowest BCUT2D eigenvalue weighted by Gasteiger charge is -2.02. The molecule has 1 aromatic heterocycles. The van der Waals surface area contributed by atoms with Crippen molar-refractivity contribution in [3.8, 4) is 0 Å². The summed E-state index contributed by atoms with van der Waals surface area (Å²) < 4.78 is 21.6. The van der Waals surface area contributed by atoms with Crippen molar-refractivity contribution < 1.29 is 13.2 Å². The molecular formula is C9H13NO3S2. The first kappa shape index (κ1) is 12.2. The first-order valence-electron chi connectivity index (χ1n) is 4.48. The Hall–Kier alpha value is -0.880. The van der Waals surface area contributed by atoms with E-state index in [0.29, 0.717) is 17.8 Å². The van der Waals surface area contributed by atoms with Crippen molar-refractivity contribution in [2.75, 3.05) is 18.6 Å². The lowest BCUT2D eigenvalue weighted by atomic mass is 10.4. The van der Waals surface area contributed by atoms with Crippen molar-refractivity contribution in [3.63, 3.8) is 0 Å². The van der Waals surface area contributed by atoms with Crippen LogP contribution in [0.5, 0.6) is 0 Å². The predicted molar refractivity (Wildman–Crippen MR) is 61.0 cm³/mol. The van der Waals surface area contributed by atoms with E-state index in [9.17, 15) is 13.2 Å². The van der Waals surface area contributed by atoms with Gasteiger partial charge in [-0.1, -0.05) is 6.07 Å². The molecule has 1 heterocycles. The van der Waals surface area contributed by atoms with Crippen LogP contribution in [0.4, 0.5) is 0 Å². The Balaban J connectivity index is 2.24. The van der Waals surface area contributed by atoms with Gasteiger partial charge in [0.05, 0.1) is 10.6 Å². The number of amides is 1. The normalized spacial score (nSPS) is 11.3. The number of rotatable bonds is 5. The Kier molecular flexibility index (Phi) is 4.28. The van der Waals surface area contributed by atoms with Crippen molar-refractivity contribution >= 4 is 27.1 Å². The van der Waals surface area contributed by atoms with Gasteiger partial charge in [-0.25, -0.2) is 8.42 Å². The molecule has 0 saturated carbocycles. The van der Waals surface area contributed by atoms with E-state index in [1.54, 1.807) is 12.1 Å². The van der Waals surface area contributed by atoms with E-state index in [4.69, 9.17) is 0 Å². The lowest BCUT2D eigenvalue weighted by Crippen LogP contribution is -2.25. The number of carbonyl (C=O) groups excluding carboxylic acids is 1. The molecule has 1 aromatic rings. The highest BCUT2D eigenvalue weighted by atomic mass is 32.2. The minimum atomic E-state index is -2.92. The average molecular weight is 247 g/mol. The van der Waals surface area contributed by atoms with E-state index in [1.165, 1.54) is 17.6 Å². The predicted octanol–water partition coefficient (Wildman–Crippen LogP) is 0.913. The van der Waals surface area contributed by atoms with E-state index < -0.39 is 9.84 Å². The van der Waals surface area contributed by atoms with Crippen molar-refractivity contribution in [1.82, 2.24) is 5.32 Å². The molecule has 0 aromatic carbocycles. The molecule has 0 unspecified atom stereocenters. The number of hydrogen-bond donors (Lipinski definition) is 1. The summed E-state index contributed by atoms with van der Waals surface area (Å²) in [6, 6.07) is 3.53. The molecule has 15 heavy (non-hydrogen) atoms. The Morgan fingerprint density at radius 2 is 2.27 bits per heavy atom. The second-order valence-electron chi connectivity index (χ2n) is 3.22.